The highest BCUT2D eigenvalue weighted by Crippen LogP contribution is 2.29. The summed E-state index contributed by atoms with van der Waals surface area (Å²) >= 11 is 1.04. The van der Waals surface area contributed by atoms with Crippen molar-refractivity contribution in [3.63, 3.8) is 0 Å². The fourth-order valence-electron chi connectivity index (χ4n) is 1.81. The molecule has 0 spiro atoms. The molecule has 0 saturated carbocycles. The molecule has 1 amide bonds. The summed E-state index contributed by atoms with van der Waals surface area (Å²) < 4.78 is 43.4. The molecule has 2 aromatic rings. The number of hydrogen-bond donors (Lipinski definition) is 1. The van der Waals surface area contributed by atoms with Gasteiger partial charge >= 0.3 is 12.1 Å². The zero-order valence-corrected chi connectivity index (χ0v) is 13.5. The normalized spacial score (nSPS) is 11.4. The number of amides is 1. The van der Waals surface area contributed by atoms with Gasteiger partial charge in [0.2, 0.25) is 0 Å². The van der Waals surface area contributed by atoms with Crippen molar-refractivity contribution in [1.82, 2.24) is 14.8 Å². The number of nitrogens with one attached hydrogen (secondary N) is 1. The Labute approximate surface area is 138 Å². The summed E-state index contributed by atoms with van der Waals surface area (Å²) in [4.78, 5) is 27.3. The number of carbonyl (C=O) groups excluding carboxylic acids is 2. The molecule has 2 heterocycles. The van der Waals surface area contributed by atoms with Crippen molar-refractivity contribution in [3.05, 3.63) is 28.5 Å². The van der Waals surface area contributed by atoms with Crippen molar-refractivity contribution in [3.8, 4) is 0 Å². The van der Waals surface area contributed by atoms with Gasteiger partial charge in [0.15, 0.2) is 10.8 Å². The Kier molecular flexibility index (Phi) is 5.22. The quantitative estimate of drug-likeness (QED) is 0.825. The molecule has 0 radical (unpaired) electrons. The number of thiazole rings is 1. The van der Waals surface area contributed by atoms with E-state index in [-0.39, 0.29) is 23.9 Å². The third-order valence-corrected chi connectivity index (χ3v) is 3.61. The van der Waals surface area contributed by atoms with Gasteiger partial charge < -0.3 is 4.74 Å². The van der Waals surface area contributed by atoms with Crippen LogP contribution in [0.5, 0.6) is 0 Å². The number of ether oxygens (including phenoxy) is 1. The second kappa shape index (κ2) is 6.99. The number of halogens is 3. The standard InChI is InChI=1S/C13H13F3N4O3S/c1-3-23-10(21)4-7-6-24-12(17-7)18-11(22)8-5-9(13(14,15)16)20(2)19-8/h5-6H,3-4H2,1-2H3,(H,17,18,22). The third kappa shape index (κ3) is 4.31. The van der Waals surface area contributed by atoms with E-state index in [9.17, 15) is 22.8 Å². The topological polar surface area (TPSA) is 86.1 Å². The summed E-state index contributed by atoms with van der Waals surface area (Å²) in [7, 11) is 1.10. The van der Waals surface area contributed by atoms with Gasteiger partial charge in [-0.15, -0.1) is 11.3 Å². The Bertz CT molecular complexity index is 754. The molecule has 0 unspecified atom stereocenters. The van der Waals surface area contributed by atoms with Gasteiger partial charge in [0, 0.05) is 18.5 Å². The highest BCUT2D eigenvalue weighted by atomic mass is 32.1. The van der Waals surface area contributed by atoms with Crippen LogP contribution >= 0.6 is 11.3 Å². The largest absolute Gasteiger partial charge is 0.466 e. The highest BCUT2D eigenvalue weighted by molar-refractivity contribution is 7.14. The number of rotatable bonds is 5. The average molecular weight is 362 g/mol. The number of carbonyl (C=O) groups is 2. The van der Waals surface area contributed by atoms with Gasteiger partial charge in [0.05, 0.1) is 18.7 Å². The summed E-state index contributed by atoms with van der Waals surface area (Å²) in [6.45, 7) is 1.92. The van der Waals surface area contributed by atoms with E-state index in [1.54, 1.807) is 12.3 Å². The lowest BCUT2D eigenvalue weighted by Crippen LogP contribution is -2.13. The van der Waals surface area contributed by atoms with Gasteiger partial charge in [0.25, 0.3) is 5.91 Å². The van der Waals surface area contributed by atoms with E-state index < -0.39 is 23.7 Å². The lowest BCUT2D eigenvalue weighted by atomic mass is 10.3. The molecule has 2 aromatic heterocycles. The summed E-state index contributed by atoms with van der Waals surface area (Å²) in [5.74, 6) is -1.28. The van der Waals surface area contributed by atoms with E-state index in [0.29, 0.717) is 16.4 Å². The molecule has 0 atom stereocenters. The minimum atomic E-state index is -4.60. The molecule has 0 aliphatic rings. The van der Waals surface area contributed by atoms with Crippen LogP contribution in [0.1, 0.15) is 28.8 Å². The molecule has 0 fully saturated rings. The van der Waals surface area contributed by atoms with Crippen LogP contribution < -0.4 is 5.32 Å². The van der Waals surface area contributed by atoms with Crippen molar-refractivity contribution in [2.45, 2.75) is 19.5 Å². The second-order valence-electron chi connectivity index (χ2n) is 4.62. The van der Waals surface area contributed by atoms with Crippen LogP contribution in [0.15, 0.2) is 11.4 Å². The molecule has 0 bridgehead atoms. The lowest BCUT2D eigenvalue weighted by molar-refractivity contribution is -0.144. The van der Waals surface area contributed by atoms with E-state index >= 15 is 0 Å². The van der Waals surface area contributed by atoms with Crippen LogP contribution in [0, 0.1) is 0 Å². The fourth-order valence-corrected chi connectivity index (χ4v) is 2.52. The molecule has 130 valence electrons. The molecule has 0 aliphatic carbocycles. The van der Waals surface area contributed by atoms with Crippen molar-refractivity contribution in [2.75, 3.05) is 11.9 Å². The van der Waals surface area contributed by atoms with Crippen LogP contribution in [0.3, 0.4) is 0 Å². The Morgan fingerprint density at radius 2 is 2.12 bits per heavy atom. The van der Waals surface area contributed by atoms with Crippen LogP contribution in [0.4, 0.5) is 18.3 Å². The summed E-state index contributed by atoms with van der Waals surface area (Å²) in [5.41, 5.74) is -1.02. The number of anilines is 1. The molecular weight excluding hydrogens is 349 g/mol. The Balaban J connectivity index is 2.05. The summed E-state index contributed by atoms with van der Waals surface area (Å²) in [6, 6.07) is 0.655. The minimum Gasteiger partial charge on any atom is -0.466 e. The predicted octanol–water partition coefficient (Wildman–Crippen LogP) is 2.25. The first-order valence-corrected chi connectivity index (χ1v) is 7.61. The molecular formula is C13H13F3N4O3S. The SMILES string of the molecule is CCOC(=O)Cc1csc(NC(=O)c2cc(C(F)(F)F)n(C)n2)n1. The maximum Gasteiger partial charge on any atom is 0.433 e. The minimum absolute atomic E-state index is 0.0536. The number of aryl methyl sites for hydroxylation is 1. The predicted molar refractivity (Wildman–Crippen MR) is 78.6 cm³/mol. The number of aromatic nitrogens is 3. The Morgan fingerprint density at radius 3 is 2.71 bits per heavy atom. The Morgan fingerprint density at radius 1 is 1.42 bits per heavy atom. The van der Waals surface area contributed by atoms with Crippen molar-refractivity contribution in [2.24, 2.45) is 7.05 Å². The first kappa shape index (κ1) is 17.9. The lowest BCUT2D eigenvalue weighted by Gasteiger charge is -2.04. The van der Waals surface area contributed by atoms with Crippen molar-refractivity contribution < 1.29 is 27.5 Å². The van der Waals surface area contributed by atoms with Crippen LogP contribution in [-0.4, -0.2) is 33.2 Å². The van der Waals surface area contributed by atoms with Gasteiger partial charge in [-0.2, -0.15) is 18.3 Å². The van der Waals surface area contributed by atoms with E-state index in [1.807, 2.05) is 0 Å². The van der Waals surface area contributed by atoms with Crippen molar-refractivity contribution in [1.29, 1.82) is 0 Å². The Hall–Kier alpha value is -2.43. The van der Waals surface area contributed by atoms with Gasteiger partial charge in [-0.25, -0.2) is 4.98 Å². The molecule has 7 nitrogen and oxygen atoms in total. The second-order valence-corrected chi connectivity index (χ2v) is 5.47. The number of hydrogen-bond acceptors (Lipinski definition) is 6. The van der Waals surface area contributed by atoms with E-state index in [2.05, 4.69) is 15.4 Å². The van der Waals surface area contributed by atoms with Crippen LogP contribution in [0.2, 0.25) is 0 Å². The fraction of sp³-hybridized carbons (Fsp3) is 0.385. The maximum atomic E-state index is 12.7. The average Bonchev–Trinajstić information content (AvgIpc) is 3.05. The smallest absolute Gasteiger partial charge is 0.433 e. The van der Waals surface area contributed by atoms with Gasteiger partial charge in [-0.05, 0) is 6.92 Å². The molecule has 0 saturated heterocycles. The van der Waals surface area contributed by atoms with Crippen LogP contribution in [-0.2, 0) is 29.2 Å². The highest BCUT2D eigenvalue weighted by Gasteiger charge is 2.35. The molecule has 11 heteroatoms. The molecule has 1 N–H and O–H groups in total. The zero-order valence-electron chi connectivity index (χ0n) is 12.7. The first-order chi connectivity index (χ1) is 11.2. The molecule has 0 aliphatic heterocycles. The first-order valence-electron chi connectivity index (χ1n) is 6.73. The van der Waals surface area contributed by atoms with E-state index in [0.717, 1.165) is 18.4 Å². The van der Waals surface area contributed by atoms with Gasteiger partial charge in [-0.3, -0.25) is 19.6 Å². The molecule has 2 rings (SSSR count). The zero-order chi connectivity index (χ0) is 17.9. The monoisotopic (exact) mass is 362 g/mol. The van der Waals surface area contributed by atoms with Gasteiger partial charge in [-0.1, -0.05) is 0 Å². The van der Waals surface area contributed by atoms with Crippen LogP contribution in [0.25, 0.3) is 0 Å². The number of nitrogens with zero attached hydrogens (tertiary/aromatic N) is 3. The van der Waals surface area contributed by atoms with E-state index in [1.165, 1.54) is 0 Å². The molecule has 0 aromatic carbocycles. The van der Waals surface area contributed by atoms with Crippen molar-refractivity contribution >= 4 is 28.3 Å². The number of esters is 1. The molecule has 24 heavy (non-hydrogen) atoms. The maximum absolute atomic E-state index is 12.7. The third-order valence-electron chi connectivity index (χ3n) is 2.81. The van der Waals surface area contributed by atoms with Gasteiger partial charge in [0.1, 0.15) is 5.69 Å². The number of alkyl halides is 3. The van der Waals surface area contributed by atoms with E-state index in [4.69, 9.17) is 4.74 Å². The summed E-state index contributed by atoms with van der Waals surface area (Å²) in [5, 5.41) is 7.59. The summed E-state index contributed by atoms with van der Waals surface area (Å²) in [6.07, 6.45) is -4.66.